The fourth-order valence-electron chi connectivity index (χ4n) is 2.13. The second-order valence-electron chi connectivity index (χ2n) is 4.43. The van der Waals surface area contributed by atoms with E-state index in [2.05, 4.69) is 24.3 Å². The molecule has 0 spiro atoms. The molecule has 1 heterocycles. The molecule has 0 fully saturated rings. The van der Waals surface area contributed by atoms with E-state index in [4.69, 9.17) is 27.9 Å². The average Bonchev–Trinajstić information content (AvgIpc) is 2.83. The molecule has 2 aromatic carbocycles. The van der Waals surface area contributed by atoms with Gasteiger partial charge in [-0.1, -0.05) is 41.4 Å². The molecular weight excluding hydrogens is 299 g/mol. The van der Waals surface area contributed by atoms with Gasteiger partial charge in [0.25, 0.3) is 0 Å². The Labute approximate surface area is 126 Å². The van der Waals surface area contributed by atoms with Crippen LogP contribution < -0.4 is 4.74 Å². The van der Waals surface area contributed by atoms with Gasteiger partial charge >= 0.3 is 0 Å². The zero-order valence-corrected chi connectivity index (χ0v) is 12.4. The molecular formula is C15H12Cl2OS. The smallest absolute Gasteiger partial charge is 0.120 e. The van der Waals surface area contributed by atoms with Crippen LogP contribution in [0.15, 0.2) is 47.4 Å². The van der Waals surface area contributed by atoms with E-state index < -0.39 is 0 Å². The number of hydrogen-bond donors (Lipinski definition) is 0. The number of ether oxygens (including phenoxy) is 1. The van der Waals surface area contributed by atoms with E-state index in [1.54, 1.807) is 12.1 Å². The van der Waals surface area contributed by atoms with Crippen molar-refractivity contribution >= 4 is 35.0 Å². The summed E-state index contributed by atoms with van der Waals surface area (Å²) >= 11 is 13.7. The van der Waals surface area contributed by atoms with Gasteiger partial charge in [-0.25, -0.2) is 0 Å². The number of hydrogen-bond acceptors (Lipinski definition) is 2. The highest BCUT2D eigenvalue weighted by molar-refractivity contribution is 7.99. The Morgan fingerprint density at radius 2 is 1.95 bits per heavy atom. The number of thioether (sulfide) groups is 1. The van der Waals surface area contributed by atoms with E-state index in [0.717, 1.165) is 11.5 Å². The summed E-state index contributed by atoms with van der Waals surface area (Å²) in [6.45, 7) is 0.669. The lowest BCUT2D eigenvalue weighted by Crippen LogP contribution is -2.09. The molecule has 3 rings (SSSR count). The molecule has 1 atom stereocenters. The minimum Gasteiger partial charge on any atom is -0.493 e. The molecule has 1 aliphatic heterocycles. The van der Waals surface area contributed by atoms with Crippen molar-refractivity contribution < 1.29 is 4.74 Å². The van der Waals surface area contributed by atoms with Crippen LogP contribution in [-0.4, -0.2) is 12.4 Å². The van der Waals surface area contributed by atoms with Crippen molar-refractivity contribution in [2.24, 2.45) is 0 Å². The zero-order valence-electron chi connectivity index (χ0n) is 10.1. The molecule has 4 heteroatoms. The number of benzene rings is 2. The first kappa shape index (κ1) is 13.2. The summed E-state index contributed by atoms with van der Waals surface area (Å²) in [6, 6.07) is 13.9. The molecule has 0 radical (unpaired) electrons. The van der Waals surface area contributed by atoms with E-state index in [-0.39, 0.29) is 0 Å². The third-order valence-electron chi connectivity index (χ3n) is 3.14. The van der Waals surface area contributed by atoms with Crippen molar-refractivity contribution in [3.8, 4) is 5.75 Å². The maximum absolute atomic E-state index is 5.97. The number of rotatable bonds is 3. The summed E-state index contributed by atoms with van der Waals surface area (Å²) in [5, 5.41) is 1.08. The Morgan fingerprint density at radius 1 is 1.11 bits per heavy atom. The lowest BCUT2D eigenvalue weighted by atomic mass is 10.0. The molecule has 0 aliphatic carbocycles. The van der Waals surface area contributed by atoms with Gasteiger partial charge in [-0.2, -0.15) is 0 Å². The maximum Gasteiger partial charge on any atom is 0.120 e. The Hall–Kier alpha value is -0.830. The van der Waals surface area contributed by atoms with Gasteiger partial charge in [0.2, 0.25) is 0 Å². The van der Waals surface area contributed by atoms with Crippen molar-refractivity contribution in [3.63, 3.8) is 0 Å². The Morgan fingerprint density at radius 3 is 2.79 bits per heavy atom. The van der Waals surface area contributed by atoms with Gasteiger partial charge in [-0.3, -0.25) is 0 Å². The Bertz CT molecular complexity index is 600. The molecule has 0 bridgehead atoms. The summed E-state index contributed by atoms with van der Waals surface area (Å²) in [7, 11) is 0. The van der Waals surface area contributed by atoms with Gasteiger partial charge in [-0.05, 0) is 23.8 Å². The fraction of sp³-hybridized carbons (Fsp3) is 0.200. The summed E-state index contributed by atoms with van der Waals surface area (Å²) in [6.07, 6.45) is 0. The van der Waals surface area contributed by atoms with Crippen LogP contribution in [0.1, 0.15) is 11.5 Å². The molecule has 0 saturated carbocycles. The second kappa shape index (κ2) is 5.66. The maximum atomic E-state index is 5.97. The molecule has 1 unspecified atom stereocenters. The van der Waals surface area contributed by atoms with Crippen LogP contribution in [0.4, 0.5) is 0 Å². The molecule has 0 N–H and O–H groups in total. The molecule has 0 aromatic heterocycles. The Balaban J connectivity index is 1.69. The summed E-state index contributed by atoms with van der Waals surface area (Å²) in [5.74, 6) is 2.28. The lowest BCUT2D eigenvalue weighted by molar-refractivity contribution is 0.298. The molecule has 19 heavy (non-hydrogen) atoms. The van der Waals surface area contributed by atoms with Crippen LogP contribution in [0.3, 0.4) is 0 Å². The SMILES string of the molecule is Clc1ccc(OCC2CSc3ccccc32)cc1Cl. The van der Waals surface area contributed by atoms with Gasteiger partial charge in [-0.15, -0.1) is 11.8 Å². The first-order valence-corrected chi connectivity index (χ1v) is 7.78. The standard InChI is InChI=1S/C15H12Cl2OS/c16-13-6-5-11(7-14(13)17)18-8-10-9-19-15-4-2-1-3-12(10)15/h1-7,10H,8-9H2. The van der Waals surface area contributed by atoms with Crippen LogP contribution in [-0.2, 0) is 0 Å². The summed E-state index contributed by atoms with van der Waals surface area (Å²) in [4.78, 5) is 1.37. The first-order chi connectivity index (χ1) is 9.24. The normalized spacial score (nSPS) is 17.3. The van der Waals surface area contributed by atoms with Gasteiger partial charge < -0.3 is 4.74 Å². The highest BCUT2D eigenvalue weighted by Crippen LogP contribution is 2.39. The van der Waals surface area contributed by atoms with Crippen molar-refractivity contribution in [1.82, 2.24) is 0 Å². The predicted octanol–water partition coefficient (Wildman–Crippen LogP) is 5.26. The summed E-state index contributed by atoms with van der Waals surface area (Å²) < 4.78 is 5.83. The number of fused-ring (bicyclic) bond motifs is 1. The molecule has 98 valence electrons. The van der Waals surface area contributed by atoms with Crippen LogP contribution in [0.5, 0.6) is 5.75 Å². The average molecular weight is 311 g/mol. The number of halogens is 2. The highest BCUT2D eigenvalue weighted by atomic mass is 35.5. The van der Waals surface area contributed by atoms with Crippen molar-refractivity contribution in [1.29, 1.82) is 0 Å². The molecule has 1 aliphatic rings. The van der Waals surface area contributed by atoms with E-state index in [1.165, 1.54) is 10.5 Å². The van der Waals surface area contributed by atoms with E-state index in [1.807, 2.05) is 17.8 Å². The third kappa shape index (κ3) is 2.86. The first-order valence-electron chi connectivity index (χ1n) is 6.03. The minimum atomic E-state index is 0.440. The fourth-order valence-corrected chi connectivity index (χ4v) is 3.65. The molecule has 2 aromatic rings. The van der Waals surface area contributed by atoms with Crippen molar-refractivity contribution in [2.75, 3.05) is 12.4 Å². The van der Waals surface area contributed by atoms with Crippen LogP contribution in [0.25, 0.3) is 0 Å². The predicted molar refractivity (Wildman–Crippen MR) is 81.9 cm³/mol. The minimum absolute atomic E-state index is 0.440. The monoisotopic (exact) mass is 310 g/mol. The van der Waals surface area contributed by atoms with Crippen molar-refractivity contribution in [3.05, 3.63) is 58.1 Å². The van der Waals surface area contributed by atoms with E-state index in [9.17, 15) is 0 Å². The Kier molecular flexibility index (Phi) is 3.92. The largest absolute Gasteiger partial charge is 0.493 e. The second-order valence-corrected chi connectivity index (χ2v) is 6.31. The summed E-state index contributed by atoms with van der Waals surface area (Å²) in [5.41, 5.74) is 1.38. The van der Waals surface area contributed by atoms with Crippen LogP contribution >= 0.6 is 35.0 Å². The lowest BCUT2D eigenvalue weighted by Gasteiger charge is -2.13. The van der Waals surface area contributed by atoms with Gasteiger partial charge in [0, 0.05) is 22.6 Å². The highest BCUT2D eigenvalue weighted by Gasteiger charge is 2.23. The van der Waals surface area contributed by atoms with E-state index in [0.29, 0.717) is 22.6 Å². The quantitative estimate of drug-likeness (QED) is 0.764. The molecule has 0 saturated heterocycles. The van der Waals surface area contributed by atoms with Crippen LogP contribution in [0, 0.1) is 0 Å². The van der Waals surface area contributed by atoms with E-state index >= 15 is 0 Å². The zero-order chi connectivity index (χ0) is 13.2. The van der Waals surface area contributed by atoms with Crippen LogP contribution in [0.2, 0.25) is 10.0 Å². The molecule has 0 amide bonds. The molecule has 1 nitrogen and oxygen atoms in total. The van der Waals surface area contributed by atoms with Gasteiger partial charge in [0.05, 0.1) is 16.7 Å². The van der Waals surface area contributed by atoms with Crippen molar-refractivity contribution in [2.45, 2.75) is 10.8 Å². The van der Waals surface area contributed by atoms with Gasteiger partial charge in [0.1, 0.15) is 5.75 Å². The topological polar surface area (TPSA) is 9.23 Å². The third-order valence-corrected chi connectivity index (χ3v) is 5.13. The van der Waals surface area contributed by atoms with Gasteiger partial charge in [0.15, 0.2) is 0 Å².